The lowest BCUT2D eigenvalue weighted by Gasteiger charge is -2.09. The van der Waals surface area contributed by atoms with Crippen molar-refractivity contribution in [3.05, 3.63) is 11.4 Å². The number of aromatic nitrogens is 2. The Morgan fingerprint density at radius 3 is 2.50 bits per heavy atom. The molecule has 2 heterocycles. The molecule has 0 unspecified atom stereocenters. The zero-order chi connectivity index (χ0) is 11.7. The van der Waals surface area contributed by atoms with Crippen molar-refractivity contribution in [3.63, 3.8) is 0 Å². The first kappa shape index (κ1) is 9.87. The lowest BCUT2D eigenvalue weighted by Crippen LogP contribution is -2.25. The summed E-state index contributed by atoms with van der Waals surface area (Å²) in [5.74, 6) is -0.518. The zero-order valence-corrected chi connectivity index (χ0v) is 8.02. The molecule has 7 nitrogen and oxygen atoms in total. The summed E-state index contributed by atoms with van der Waals surface area (Å²) < 4.78 is 0. The fourth-order valence-corrected chi connectivity index (χ4v) is 1.43. The van der Waals surface area contributed by atoms with Gasteiger partial charge in [-0.3, -0.25) is 14.5 Å². The molecule has 0 saturated carbocycles. The minimum absolute atomic E-state index is 0.00958. The van der Waals surface area contributed by atoms with Gasteiger partial charge < -0.3 is 4.98 Å². The van der Waals surface area contributed by atoms with Gasteiger partial charge in [-0.2, -0.15) is 10.5 Å². The number of carbonyl (C=O) groups is 2. The molecule has 1 fully saturated rings. The van der Waals surface area contributed by atoms with Crippen LogP contribution >= 0.6 is 0 Å². The molecular formula is C9H5N5O2. The van der Waals surface area contributed by atoms with Crippen molar-refractivity contribution in [1.29, 1.82) is 10.5 Å². The van der Waals surface area contributed by atoms with Crippen LogP contribution in [0.25, 0.3) is 0 Å². The maximum Gasteiger partial charge on any atom is 0.237 e. The number of hydrogen-bond acceptors (Lipinski definition) is 5. The van der Waals surface area contributed by atoms with Crippen LogP contribution in [0.15, 0.2) is 0 Å². The highest BCUT2D eigenvalue weighted by Crippen LogP contribution is 2.17. The van der Waals surface area contributed by atoms with E-state index >= 15 is 0 Å². The molecule has 1 aliphatic rings. The van der Waals surface area contributed by atoms with Gasteiger partial charge in [0.1, 0.15) is 12.1 Å². The van der Waals surface area contributed by atoms with Crippen LogP contribution < -0.4 is 4.90 Å². The maximum atomic E-state index is 11.4. The molecule has 1 aromatic heterocycles. The average molecular weight is 215 g/mol. The summed E-state index contributed by atoms with van der Waals surface area (Å²) in [6.07, 6.45) is -0.162. The summed E-state index contributed by atoms with van der Waals surface area (Å²) in [5.41, 5.74) is -0.0886. The second-order valence-corrected chi connectivity index (χ2v) is 3.20. The van der Waals surface area contributed by atoms with Crippen LogP contribution in [0.2, 0.25) is 0 Å². The Bertz CT molecular complexity index is 528. The number of carbonyl (C=O) groups excluding carboxylic acids is 2. The monoisotopic (exact) mass is 215 g/mol. The van der Waals surface area contributed by atoms with E-state index in [-0.39, 0.29) is 42.0 Å². The minimum atomic E-state index is -0.382. The number of nitrogens with zero attached hydrogens (tertiary/aromatic N) is 4. The lowest BCUT2D eigenvalue weighted by molar-refractivity contribution is -0.121. The molecule has 0 spiro atoms. The van der Waals surface area contributed by atoms with Crippen molar-refractivity contribution in [2.24, 2.45) is 0 Å². The fraction of sp³-hybridized carbons (Fsp3) is 0.222. The highest BCUT2D eigenvalue weighted by atomic mass is 16.2. The van der Waals surface area contributed by atoms with Crippen LogP contribution in [-0.4, -0.2) is 28.2 Å². The van der Waals surface area contributed by atoms with Crippen LogP contribution in [0, 0.1) is 22.7 Å². The van der Waals surface area contributed by atoms with Crippen molar-refractivity contribution >= 4 is 17.6 Å². The van der Waals surface area contributed by atoms with Crippen molar-refractivity contribution in [2.75, 3.05) is 11.4 Å². The smallest absolute Gasteiger partial charge is 0.237 e. The summed E-state index contributed by atoms with van der Waals surface area (Å²) in [7, 11) is 0. The number of ketones is 1. The van der Waals surface area contributed by atoms with E-state index in [9.17, 15) is 9.59 Å². The maximum absolute atomic E-state index is 11.4. The van der Waals surface area contributed by atoms with Gasteiger partial charge in [0, 0.05) is 0 Å². The second-order valence-electron chi connectivity index (χ2n) is 3.20. The van der Waals surface area contributed by atoms with Gasteiger partial charge in [0.25, 0.3) is 0 Å². The third-order valence-electron chi connectivity index (χ3n) is 2.15. The number of rotatable bonds is 1. The van der Waals surface area contributed by atoms with Crippen molar-refractivity contribution in [2.45, 2.75) is 6.42 Å². The van der Waals surface area contributed by atoms with Crippen LogP contribution in [0.4, 0.5) is 5.95 Å². The van der Waals surface area contributed by atoms with Gasteiger partial charge in [0.05, 0.1) is 13.0 Å². The molecule has 1 amide bonds. The number of nitriles is 2. The van der Waals surface area contributed by atoms with E-state index in [0.717, 1.165) is 4.90 Å². The SMILES string of the molecule is N#Cc1nc(N2CC(=O)CC2=O)[nH]c1C#N. The minimum Gasteiger partial charge on any atom is -0.314 e. The summed E-state index contributed by atoms with van der Waals surface area (Å²) in [5, 5.41) is 17.4. The zero-order valence-electron chi connectivity index (χ0n) is 8.02. The average Bonchev–Trinajstić information content (AvgIpc) is 2.81. The molecule has 7 heteroatoms. The number of nitrogens with one attached hydrogen (secondary N) is 1. The quantitative estimate of drug-likeness (QED) is 0.632. The van der Waals surface area contributed by atoms with Crippen molar-refractivity contribution < 1.29 is 9.59 Å². The lowest BCUT2D eigenvalue weighted by atomic mass is 10.3. The van der Waals surface area contributed by atoms with Crippen LogP contribution in [0.1, 0.15) is 17.8 Å². The predicted octanol–water partition coefficient (Wildman–Crippen LogP) is -0.541. The normalized spacial score (nSPS) is 15.0. The molecule has 1 N–H and O–H groups in total. The van der Waals surface area contributed by atoms with Gasteiger partial charge in [-0.05, 0) is 0 Å². The molecule has 2 rings (SSSR count). The molecule has 16 heavy (non-hydrogen) atoms. The first-order valence-corrected chi connectivity index (χ1v) is 4.38. The predicted molar refractivity (Wildman–Crippen MR) is 50.0 cm³/mol. The number of amides is 1. The summed E-state index contributed by atoms with van der Waals surface area (Å²) >= 11 is 0. The van der Waals surface area contributed by atoms with E-state index in [1.54, 1.807) is 12.1 Å². The Morgan fingerprint density at radius 2 is 2.06 bits per heavy atom. The number of H-pyrrole nitrogens is 1. The van der Waals surface area contributed by atoms with Crippen LogP contribution in [0.3, 0.4) is 0 Å². The number of hydrogen-bond donors (Lipinski definition) is 1. The van der Waals surface area contributed by atoms with Gasteiger partial charge in [-0.15, -0.1) is 0 Å². The highest BCUT2D eigenvalue weighted by molar-refractivity contribution is 6.14. The third kappa shape index (κ3) is 1.41. The molecule has 0 bridgehead atoms. The molecule has 1 aliphatic heterocycles. The number of Topliss-reactive ketones (excluding diaryl/α,β-unsaturated/α-hetero) is 1. The molecule has 0 atom stereocenters. The number of anilines is 1. The van der Waals surface area contributed by atoms with Gasteiger partial charge >= 0.3 is 0 Å². The number of imidazole rings is 1. The Labute approximate surface area is 89.9 Å². The molecular weight excluding hydrogens is 210 g/mol. The summed E-state index contributed by atoms with van der Waals surface area (Å²) in [6, 6.07) is 3.48. The van der Waals surface area contributed by atoms with E-state index < -0.39 is 0 Å². The topological polar surface area (TPSA) is 114 Å². The Hall–Kier alpha value is -2.67. The molecule has 0 aromatic carbocycles. The van der Waals surface area contributed by atoms with E-state index in [0.29, 0.717) is 0 Å². The van der Waals surface area contributed by atoms with Gasteiger partial charge in [-0.1, -0.05) is 0 Å². The Balaban J connectivity index is 2.40. The molecule has 0 aliphatic carbocycles. The van der Waals surface area contributed by atoms with E-state index in [1.807, 2.05) is 0 Å². The summed E-state index contributed by atoms with van der Waals surface area (Å²) in [6.45, 7) is -0.0674. The third-order valence-corrected chi connectivity index (χ3v) is 2.15. The van der Waals surface area contributed by atoms with Gasteiger partial charge in [0.15, 0.2) is 17.2 Å². The van der Waals surface area contributed by atoms with Crippen molar-refractivity contribution in [3.8, 4) is 12.1 Å². The molecule has 1 saturated heterocycles. The Kier molecular flexibility index (Phi) is 2.15. The van der Waals surface area contributed by atoms with Gasteiger partial charge in [0.2, 0.25) is 11.9 Å². The first-order chi connectivity index (χ1) is 7.65. The van der Waals surface area contributed by atoms with Crippen LogP contribution in [0.5, 0.6) is 0 Å². The van der Waals surface area contributed by atoms with E-state index in [1.165, 1.54) is 0 Å². The molecule has 1 aromatic rings. The largest absolute Gasteiger partial charge is 0.314 e. The number of aromatic amines is 1. The second kappa shape index (κ2) is 3.48. The van der Waals surface area contributed by atoms with Crippen molar-refractivity contribution in [1.82, 2.24) is 9.97 Å². The van der Waals surface area contributed by atoms with E-state index in [4.69, 9.17) is 10.5 Å². The molecule has 0 radical (unpaired) electrons. The summed E-state index contributed by atoms with van der Waals surface area (Å²) in [4.78, 5) is 29.8. The first-order valence-electron chi connectivity index (χ1n) is 4.38. The Morgan fingerprint density at radius 1 is 1.31 bits per heavy atom. The highest BCUT2D eigenvalue weighted by Gasteiger charge is 2.31. The van der Waals surface area contributed by atoms with Crippen LogP contribution in [-0.2, 0) is 9.59 Å². The fourth-order valence-electron chi connectivity index (χ4n) is 1.43. The van der Waals surface area contributed by atoms with Gasteiger partial charge in [-0.25, -0.2) is 4.98 Å². The standard InChI is InChI=1S/C9H5N5O2/c10-2-6-7(3-11)13-9(12-6)14-4-5(15)1-8(14)16/h1,4H2,(H,12,13). The molecule has 78 valence electrons. The van der Waals surface area contributed by atoms with E-state index in [2.05, 4.69) is 9.97 Å².